The second kappa shape index (κ2) is 11.6. The number of aliphatic imine (C=N–C) groups is 1. The Morgan fingerprint density at radius 2 is 1.79 bits per heavy atom. The van der Waals surface area contributed by atoms with E-state index >= 15 is 0 Å². The number of anilines is 1. The third-order valence-corrected chi connectivity index (χ3v) is 5.22. The number of benzene rings is 2. The molecule has 8 heteroatoms. The van der Waals surface area contributed by atoms with Crippen molar-refractivity contribution in [2.75, 3.05) is 31.2 Å². The monoisotopic (exact) mass is 462 g/mol. The minimum Gasteiger partial charge on any atom is -0.498 e. The molecule has 2 aromatic rings. The molecular weight excluding hydrogens is 436 g/mol. The molecule has 0 saturated heterocycles. The smallest absolute Gasteiger partial charge is 0.339 e. The number of carbonyl (C=O) groups excluding carboxylic acids is 2. The summed E-state index contributed by atoms with van der Waals surface area (Å²) in [5.74, 6) is -2.11. The van der Waals surface area contributed by atoms with Crippen LogP contribution in [0.25, 0.3) is 0 Å². The number of allylic oxidation sites excluding steroid dienone is 1. The van der Waals surface area contributed by atoms with Crippen molar-refractivity contribution in [2.24, 2.45) is 4.99 Å². The van der Waals surface area contributed by atoms with Crippen LogP contribution < -0.4 is 4.90 Å². The van der Waals surface area contributed by atoms with E-state index in [-0.39, 0.29) is 31.2 Å². The van der Waals surface area contributed by atoms with Crippen molar-refractivity contribution in [3.63, 3.8) is 0 Å². The van der Waals surface area contributed by atoms with Gasteiger partial charge in [-0.05, 0) is 37.3 Å². The number of Topliss-reactive ketones (excluding diaryl/α,β-unsaturated/α-hetero) is 1. The standard InChI is InChI=1S/C26H26N2O6/c1-3-28(14-13-24(29)34-16-15-33-4-2)19-11-9-18(10-12-19)27-23-17-22(26(31)32)25(30)21-8-6-5-7-20(21)23/h4-12,17H,2-3,13-16H2,1H3,(H,31,32)/b27-23+. The van der Waals surface area contributed by atoms with Gasteiger partial charge in [-0.1, -0.05) is 30.8 Å². The number of nitrogens with zero attached hydrogens (tertiary/aromatic N) is 2. The predicted molar refractivity (Wildman–Crippen MR) is 129 cm³/mol. The number of carboxylic acid groups (broad SMARTS) is 1. The Balaban J connectivity index is 1.73. The lowest BCUT2D eigenvalue weighted by Crippen LogP contribution is -2.26. The Hall–Kier alpha value is -4.20. The van der Waals surface area contributed by atoms with Gasteiger partial charge in [-0.25, -0.2) is 9.79 Å². The van der Waals surface area contributed by atoms with Crippen molar-refractivity contribution in [2.45, 2.75) is 13.3 Å². The number of esters is 1. The van der Waals surface area contributed by atoms with Crippen molar-refractivity contribution in [3.8, 4) is 0 Å². The largest absolute Gasteiger partial charge is 0.498 e. The lowest BCUT2D eigenvalue weighted by Gasteiger charge is -2.22. The number of aliphatic carboxylic acids is 1. The maximum absolute atomic E-state index is 12.5. The topological polar surface area (TPSA) is 106 Å². The number of ether oxygens (including phenoxy) is 2. The van der Waals surface area contributed by atoms with E-state index in [1.807, 2.05) is 36.1 Å². The van der Waals surface area contributed by atoms with Gasteiger partial charge in [0.2, 0.25) is 5.78 Å². The quantitative estimate of drug-likeness (QED) is 0.233. The molecule has 0 spiro atoms. The zero-order valence-electron chi connectivity index (χ0n) is 18.9. The number of hydrogen-bond acceptors (Lipinski definition) is 7. The van der Waals surface area contributed by atoms with Gasteiger partial charge in [0.05, 0.1) is 24.1 Å². The summed E-state index contributed by atoms with van der Waals surface area (Å²) < 4.78 is 10.0. The summed E-state index contributed by atoms with van der Waals surface area (Å²) in [5, 5.41) is 9.41. The molecular formula is C26H26N2O6. The molecule has 0 heterocycles. The van der Waals surface area contributed by atoms with Gasteiger partial charge in [0.25, 0.3) is 0 Å². The molecule has 0 amide bonds. The summed E-state index contributed by atoms with van der Waals surface area (Å²) in [7, 11) is 0. The molecule has 1 aliphatic carbocycles. The third kappa shape index (κ3) is 5.98. The number of fused-ring (bicyclic) bond motifs is 1. The average Bonchev–Trinajstić information content (AvgIpc) is 2.84. The minimum atomic E-state index is -1.28. The highest BCUT2D eigenvalue weighted by Crippen LogP contribution is 2.26. The normalized spacial score (nSPS) is 13.6. The Bertz CT molecular complexity index is 1130. The van der Waals surface area contributed by atoms with Crippen molar-refractivity contribution < 1.29 is 29.0 Å². The van der Waals surface area contributed by atoms with Gasteiger partial charge < -0.3 is 19.5 Å². The van der Waals surface area contributed by atoms with E-state index in [0.717, 1.165) is 5.69 Å². The van der Waals surface area contributed by atoms with Crippen LogP contribution in [0.4, 0.5) is 11.4 Å². The Labute approximate surface area is 197 Å². The molecule has 2 aromatic carbocycles. The first-order valence-corrected chi connectivity index (χ1v) is 10.9. The number of hydrogen-bond donors (Lipinski definition) is 1. The van der Waals surface area contributed by atoms with E-state index in [9.17, 15) is 19.5 Å². The van der Waals surface area contributed by atoms with Crippen LogP contribution >= 0.6 is 0 Å². The van der Waals surface area contributed by atoms with E-state index in [2.05, 4.69) is 11.6 Å². The summed E-state index contributed by atoms with van der Waals surface area (Å²) in [6.45, 7) is 7.06. The summed E-state index contributed by atoms with van der Waals surface area (Å²) in [6, 6.07) is 14.2. The Morgan fingerprint density at radius 1 is 1.09 bits per heavy atom. The molecule has 0 aliphatic heterocycles. The summed E-state index contributed by atoms with van der Waals surface area (Å²) >= 11 is 0. The fourth-order valence-electron chi connectivity index (χ4n) is 3.51. The molecule has 1 aliphatic rings. The maximum atomic E-state index is 12.5. The van der Waals surface area contributed by atoms with E-state index in [0.29, 0.717) is 35.6 Å². The van der Waals surface area contributed by atoms with Crippen LogP contribution in [-0.2, 0) is 19.1 Å². The second-order valence-electron chi connectivity index (χ2n) is 7.34. The van der Waals surface area contributed by atoms with Crippen LogP contribution in [0.5, 0.6) is 0 Å². The van der Waals surface area contributed by atoms with Crippen LogP contribution in [-0.4, -0.2) is 54.8 Å². The van der Waals surface area contributed by atoms with Crippen molar-refractivity contribution in [1.29, 1.82) is 0 Å². The van der Waals surface area contributed by atoms with E-state index in [1.54, 1.807) is 24.3 Å². The maximum Gasteiger partial charge on any atom is 0.339 e. The van der Waals surface area contributed by atoms with Gasteiger partial charge in [0.1, 0.15) is 18.8 Å². The van der Waals surface area contributed by atoms with E-state index in [4.69, 9.17) is 9.47 Å². The predicted octanol–water partition coefficient (Wildman–Crippen LogP) is 3.93. The highest BCUT2D eigenvalue weighted by Gasteiger charge is 2.28. The number of carbonyl (C=O) groups is 3. The summed E-state index contributed by atoms with van der Waals surface area (Å²) in [4.78, 5) is 42.5. The SMILES string of the molecule is C=COCCOC(=O)CCN(CC)c1ccc(/N=C2\C=C(C(=O)O)C(=O)c3ccccc32)cc1. The molecule has 34 heavy (non-hydrogen) atoms. The van der Waals surface area contributed by atoms with Gasteiger partial charge >= 0.3 is 11.9 Å². The third-order valence-electron chi connectivity index (χ3n) is 5.22. The lowest BCUT2D eigenvalue weighted by molar-refractivity contribution is -0.144. The lowest BCUT2D eigenvalue weighted by atomic mass is 9.89. The van der Waals surface area contributed by atoms with Crippen molar-refractivity contribution in [3.05, 3.63) is 84.1 Å². The molecule has 0 bridgehead atoms. The first-order valence-electron chi connectivity index (χ1n) is 10.9. The summed E-state index contributed by atoms with van der Waals surface area (Å²) in [6.07, 6.45) is 2.85. The van der Waals surface area contributed by atoms with E-state index in [1.165, 1.54) is 12.3 Å². The van der Waals surface area contributed by atoms with Gasteiger partial charge in [0, 0.05) is 29.9 Å². The van der Waals surface area contributed by atoms with Crippen LogP contribution in [0.15, 0.2) is 78.0 Å². The Kier molecular flexibility index (Phi) is 8.34. The molecule has 0 unspecified atom stereocenters. The van der Waals surface area contributed by atoms with Crippen molar-refractivity contribution in [1.82, 2.24) is 0 Å². The van der Waals surface area contributed by atoms with Gasteiger partial charge in [-0.3, -0.25) is 9.59 Å². The zero-order chi connectivity index (χ0) is 24.5. The number of rotatable bonds is 11. The second-order valence-corrected chi connectivity index (χ2v) is 7.34. The van der Waals surface area contributed by atoms with Crippen LogP contribution in [0.2, 0.25) is 0 Å². The molecule has 1 N–H and O–H groups in total. The molecule has 3 rings (SSSR count). The molecule has 0 atom stereocenters. The van der Waals surface area contributed by atoms with Crippen LogP contribution in [0.1, 0.15) is 29.3 Å². The van der Waals surface area contributed by atoms with Gasteiger partial charge in [0.15, 0.2) is 0 Å². The molecule has 8 nitrogen and oxygen atoms in total. The molecule has 0 aromatic heterocycles. The zero-order valence-corrected chi connectivity index (χ0v) is 18.9. The highest BCUT2D eigenvalue weighted by molar-refractivity contribution is 6.34. The van der Waals surface area contributed by atoms with Crippen LogP contribution in [0.3, 0.4) is 0 Å². The molecule has 0 saturated carbocycles. The first-order chi connectivity index (χ1) is 16.4. The van der Waals surface area contributed by atoms with Crippen LogP contribution in [0, 0.1) is 0 Å². The summed E-state index contributed by atoms with van der Waals surface area (Å²) in [5.41, 5.74) is 2.54. The van der Waals surface area contributed by atoms with E-state index < -0.39 is 11.8 Å². The number of carboxylic acids is 1. The molecule has 176 valence electrons. The Morgan fingerprint density at radius 3 is 2.44 bits per heavy atom. The fourth-order valence-corrected chi connectivity index (χ4v) is 3.51. The van der Waals surface area contributed by atoms with Gasteiger partial charge in [-0.2, -0.15) is 0 Å². The molecule has 0 radical (unpaired) electrons. The first kappa shape index (κ1) is 24.4. The average molecular weight is 463 g/mol. The number of ketones is 1. The molecule has 0 fully saturated rings. The minimum absolute atomic E-state index is 0.179. The van der Waals surface area contributed by atoms with Gasteiger partial charge in [-0.15, -0.1) is 0 Å². The van der Waals surface area contributed by atoms with Crippen molar-refractivity contribution >= 4 is 34.8 Å². The fraction of sp³-hybridized carbons (Fsp3) is 0.231. The highest BCUT2D eigenvalue weighted by atomic mass is 16.6.